The van der Waals surface area contributed by atoms with E-state index in [1.165, 1.54) is 16.8 Å². The Morgan fingerprint density at radius 1 is 1.07 bits per heavy atom. The Hall–Kier alpha value is -2.55. The minimum Gasteiger partial charge on any atom is -0.291 e. The summed E-state index contributed by atoms with van der Waals surface area (Å²) < 4.78 is 5.54. The van der Waals surface area contributed by atoms with Gasteiger partial charge in [-0.2, -0.15) is 5.10 Å². The third-order valence-corrected chi connectivity index (χ3v) is 6.52. The van der Waals surface area contributed by atoms with E-state index in [9.17, 15) is 4.79 Å². The molecule has 0 aliphatic heterocycles. The average molecular weight is 411 g/mol. The number of amides is 1. The van der Waals surface area contributed by atoms with Crippen molar-refractivity contribution in [2.24, 2.45) is 0 Å². The summed E-state index contributed by atoms with van der Waals surface area (Å²) in [5, 5.41) is 6.21. The number of aromatic nitrogens is 3. The number of carbonyl (C=O) groups excluding carboxylic acids is 1. The highest BCUT2D eigenvalue weighted by Gasteiger charge is 2.09. The summed E-state index contributed by atoms with van der Waals surface area (Å²) in [6.07, 6.45) is 5.04. The second-order valence-electron chi connectivity index (χ2n) is 5.41. The van der Waals surface area contributed by atoms with Crippen molar-refractivity contribution in [2.45, 2.75) is 14.0 Å². The van der Waals surface area contributed by atoms with Gasteiger partial charge in [-0.1, -0.05) is 30.0 Å². The van der Waals surface area contributed by atoms with Crippen LogP contribution in [0.4, 0.5) is 0 Å². The maximum absolute atomic E-state index is 12.3. The van der Waals surface area contributed by atoms with Crippen molar-refractivity contribution >= 4 is 41.0 Å². The molecule has 27 heavy (non-hydrogen) atoms. The monoisotopic (exact) mass is 410 g/mol. The van der Waals surface area contributed by atoms with Crippen molar-refractivity contribution in [3.8, 4) is 5.82 Å². The maximum Gasteiger partial charge on any atom is 0.262 e. The highest BCUT2D eigenvalue weighted by atomic mass is 32.2. The number of rotatable bonds is 6. The Balaban J connectivity index is 1.34. The van der Waals surface area contributed by atoms with Crippen LogP contribution in [0.5, 0.6) is 0 Å². The minimum absolute atomic E-state index is 0.176. The molecule has 0 atom stereocenters. The van der Waals surface area contributed by atoms with Crippen LogP contribution in [0, 0.1) is 0 Å². The van der Waals surface area contributed by atoms with E-state index < -0.39 is 0 Å². The molecule has 0 bridgehead atoms. The van der Waals surface area contributed by atoms with E-state index in [4.69, 9.17) is 0 Å². The summed E-state index contributed by atoms with van der Waals surface area (Å²) in [4.78, 5) is 19.0. The molecule has 0 fully saturated rings. The SMILES string of the molecule is O=C(NSc1cc(Sc2ccccc2)cs1)c1ccc(-n2cccn2)nc1. The molecule has 4 aromatic rings. The molecular weight excluding hydrogens is 396 g/mol. The number of thiophene rings is 1. The standard InChI is InChI=1S/C19H14N4OS3/c24-19(14-7-8-17(20-12-14)23-10-4-9-21-23)22-27-18-11-16(13-25-18)26-15-5-2-1-3-6-15/h1-13H,(H,22,24). The number of carbonyl (C=O) groups is 1. The van der Waals surface area contributed by atoms with Gasteiger partial charge in [0, 0.05) is 33.8 Å². The molecule has 8 heteroatoms. The largest absolute Gasteiger partial charge is 0.291 e. The molecule has 134 valence electrons. The smallest absolute Gasteiger partial charge is 0.262 e. The van der Waals surface area contributed by atoms with Crippen molar-refractivity contribution in [2.75, 3.05) is 0 Å². The first kappa shape index (κ1) is 17.8. The third-order valence-electron chi connectivity index (χ3n) is 3.52. The summed E-state index contributed by atoms with van der Waals surface area (Å²) in [5.41, 5.74) is 0.508. The van der Waals surface area contributed by atoms with Gasteiger partial charge in [-0.3, -0.25) is 9.52 Å². The van der Waals surface area contributed by atoms with Gasteiger partial charge in [0.2, 0.25) is 0 Å². The van der Waals surface area contributed by atoms with Crippen LogP contribution in [-0.2, 0) is 0 Å². The van der Waals surface area contributed by atoms with Crippen LogP contribution in [0.25, 0.3) is 5.82 Å². The van der Waals surface area contributed by atoms with Crippen molar-refractivity contribution in [3.05, 3.63) is 84.1 Å². The number of pyridine rings is 1. The molecule has 0 saturated carbocycles. The van der Waals surface area contributed by atoms with Crippen molar-refractivity contribution < 1.29 is 4.79 Å². The summed E-state index contributed by atoms with van der Waals surface area (Å²) >= 11 is 4.63. The molecule has 4 rings (SSSR count). The lowest BCUT2D eigenvalue weighted by atomic mass is 10.3. The average Bonchev–Trinajstić information content (AvgIpc) is 3.39. The Labute approximate surface area is 169 Å². The van der Waals surface area contributed by atoms with Crippen LogP contribution >= 0.6 is 35.0 Å². The Morgan fingerprint density at radius 3 is 2.70 bits per heavy atom. The van der Waals surface area contributed by atoms with Crippen LogP contribution in [0.1, 0.15) is 10.4 Å². The van der Waals surface area contributed by atoms with E-state index in [1.54, 1.807) is 58.5 Å². The molecule has 0 spiro atoms. The van der Waals surface area contributed by atoms with Gasteiger partial charge >= 0.3 is 0 Å². The van der Waals surface area contributed by atoms with E-state index in [-0.39, 0.29) is 5.91 Å². The lowest BCUT2D eigenvalue weighted by Gasteiger charge is -2.04. The summed E-state index contributed by atoms with van der Waals surface area (Å²) in [7, 11) is 0. The summed E-state index contributed by atoms with van der Waals surface area (Å²) in [6.45, 7) is 0. The molecule has 0 aliphatic carbocycles. The fourth-order valence-electron chi connectivity index (χ4n) is 2.25. The van der Waals surface area contributed by atoms with Crippen LogP contribution in [0.15, 0.2) is 92.6 Å². The predicted molar refractivity (Wildman–Crippen MR) is 110 cm³/mol. The zero-order valence-corrected chi connectivity index (χ0v) is 16.4. The van der Waals surface area contributed by atoms with Crippen LogP contribution in [0.3, 0.4) is 0 Å². The Kier molecular flexibility index (Phi) is 5.57. The van der Waals surface area contributed by atoms with Crippen molar-refractivity contribution in [1.29, 1.82) is 0 Å². The summed E-state index contributed by atoms with van der Waals surface area (Å²) in [5.74, 6) is 0.496. The second-order valence-corrected chi connectivity index (χ2v) is 8.57. The predicted octanol–water partition coefficient (Wildman–Crippen LogP) is 4.92. The quantitative estimate of drug-likeness (QED) is 0.457. The fourth-order valence-corrected chi connectivity index (χ4v) is 4.93. The van der Waals surface area contributed by atoms with Crippen molar-refractivity contribution in [3.63, 3.8) is 0 Å². The molecule has 0 radical (unpaired) electrons. The Bertz CT molecular complexity index is 1010. The highest BCUT2D eigenvalue weighted by molar-refractivity contribution is 8.00. The van der Waals surface area contributed by atoms with Gasteiger partial charge in [0.15, 0.2) is 5.82 Å². The van der Waals surface area contributed by atoms with Gasteiger partial charge in [0.05, 0.1) is 9.77 Å². The highest BCUT2D eigenvalue weighted by Crippen LogP contribution is 2.34. The zero-order valence-electron chi connectivity index (χ0n) is 14.0. The fraction of sp³-hybridized carbons (Fsp3) is 0. The van der Waals surface area contributed by atoms with E-state index >= 15 is 0 Å². The van der Waals surface area contributed by atoms with E-state index in [2.05, 4.69) is 38.4 Å². The molecule has 1 aromatic carbocycles. The van der Waals surface area contributed by atoms with Gasteiger partial charge in [0.25, 0.3) is 5.91 Å². The normalized spacial score (nSPS) is 10.7. The number of hydrogen-bond acceptors (Lipinski definition) is 6. The Morgan fingerprint density at radius 2 is 1.96 bits per heavy atom. The zero-order chi connectivity index (χ0) is 18.5. The molecule has 0 aliphatic rings. The van der Waals surface area contributed by atoms with E-state index in [1.807, 2.05) is 24.3 Å². The molecule has 3 heterocycles. The van der Waals surface area contributed by atoms with Gasteiger partial charge in [-0.05, 0) is 48.3 Å². The van der Waals surface area contributed by atoms with Crippen LogP contribution in [-0.4, -0.2) is 20.7 Å². The van der Waals surface area contributed by atoms with Crippen LogP contribution < -0.4 is 4.72 Å². The molecule has 0 unspecified atom stereocenters. The molecule has 1 amide bonds. The lowest BCUT2D eigenvalue weighted by molar-refractivity contribution is 0.0984. The number of nitrogens with zero attached hydrogens (tertiary/aromatic N) is 3. The van der Waals surface area contributed by atoms with Gasteiger partial charge in [-0.25, -0.2) is 9.67 Å². The summed E-state index contributed by atoms with van der Waals surface area (Å²) in [6, 6.07) is 17.6. The number of benzene rings is 1. The first-order chi connectivity index (χ1) is 13.3. The molecule has 5 nitrogen and oxygen atoms in total. The molecular formula is C19H14N4OS3. The van der Waals surface area contributed by atoms with E-state index in [0.29, 0.717) is 11.4 Å². The number of nitrogens with one attached hydrogen (secondary N) is 1. The molecule has 3 aromatic heterocycles. The van der Waals surface area contributed by atoms with E-state index in [0.717, 1.165) is 9.10 Å². The number of hydrogen-bond donors (Lipinski definition) is 1. The molecule has 1 N–H and O–H groups in total. The first-order valence-corrected chi connectivity index (χ1v) is 10.5. The third kappa shape index (κ3) is 4.60. The first-order valence-electron chi connectivity index (χ1n) is 8.02. The van der Waals surface area contributed by atoms with Gasteiger partial charge < -0.3 is 0 Å². The minimum atomic E-state index is -0.176. The second kappa shape index (κ2) is 8.43. The van der Waals surface area contributed by atoms with Crippen molar-refractivity contribution in [1.82, 2.24) is 19.5 Å². The topological polar surface area (TPSA) is 59.8 Å². The van der Waals surface area contributed by atoms with Gasteiger partial charge in [0.1, 0.15) is 0 Å². The maximum atomic E-state index is 12.3. The van der Waals surface area contributed by atoms with Crippen LogP contribution in [0.2, 0.25) is 0 Å². The van der Waals surface area contributed by atoms with Gasteiger partial charge in [-0.15, -0.1) is 11.3 Å². The lowest BCUT2D eigenvalue weighted by Crippen LogP contribution is -2.15. The molecule has 0 saturated heterocycles.